The first-order valence-electron chi connectivity index (χ1n) is 9.50. The lowest BCUT2D eigenvalue weighted by Gasteiger charge is -2.08. The SMILES string of the molecule is CCCC(=O)NCc1ccc(CNC(=O)COCCOCCOCC)cc1. The highest BCUT2D eigenvalue weighted by molar-refractivity contribution is 5.77. The number of carbonyl (C=O) groups is 2. The summed E-state index contributed by atoms with van der Waals surface area (Å²) in [5.41, 5.74) is 2.02. The Morgan fingerprint density at radius 1 is 0.778 bits per heavy atom. The Bertz CT molecular complexity index is 534. The Morgan fingerprint density at radius 2 is 1.30 bits per heavy atom. The molecular formula is C20H32N2O5. The highest BCUT2D eigenvalue weighted by Crippen LogP contribution is 2.04. The monoisotopic (exact) mass is 380 g/mol. The van der Waals surface area contributed by atoms with Crippen molar-refractivity contribution >= 4 is 11.8 Å². The van der Waals surface area contributed by atoms with E-state index in [-0.39, 0.29) is 18.4 Å². The maximum Gasteiger partial charge on any atom is 0.246 e. The number of hydrogen-bond acceptors (Lipinski definition) is 5. The van der Waals surface area contributed by atoms with Crippen LogP contribution in [0.1, 0.15) is 37.8 Å². The molecule has 0 saturated heterocycles. The Balaban J connectivity index is 2.10. The van der Waals surface area contributed by atoms with Gasteiger partial charge in [-0.25, -0.2) is 0 Å². The summed E-state index contributed by atoms with van der Waals surface area (Å²) in [7, 11) is 0. The molecule has 7 heteroatoms. The molecule has 0 bridgehead atoms. The van der Waals surface area contributed by atoms with E-state index in [9.17, 15) is 9.59 Å². The summed E-state index contributed by atoms with van der Waals surface area (Å²) in [6.07, 6.45) is 1.39. The zero-order chi connectivity index (χ0) is 19.7. The van der Waals surface area contributed by atoms with Crippen LogP contribution in [-0.2, 0) is 36.9 Å². The lowest BCUT2D eigenvalue weighted by molar-refractivity contribution is -0.126. The Morgan fingerprint density at radius 3 is 1.85 bits per heavy atom. The van der Waals surface area contributed by atoms with Gasteiger partial charge in [0.1, 0.15) is 6.61 Å². The molecule has 0 aliphatic heterocycles. The van der Waals surface area contributed by atoms with E-state index in [2.05, 4.69) is 10.6 Å². The van der Waals surface area contributed by atoms with Crippen molar-refractivity contribution in [2.24, 2.45) is 0 Å². The van der Waals surface area contributed by atoms with Crippen molar-refractivity contribution in [2.45, 2.75) is 39.8 Å². The van der Waals surface area contributed by atoms with Gasteiger partial charge in [0.15, 0.2) is 0 Å². The number of rotatable bonds is 15. The molecule has 1 aromatic rings. The first-order chi connectivity index (χ1) is 13.2. The number of benzene rings is 1. The van der Waals surface area contributed by atoms with Crippen LogP contribution in [0.2, 0.25) is 0 Å². The first kappa shape index (κ1) is 23.1. The van der Waals surface area contributed by atoms with Crippen molar-refractivity contribution in [3.63, 3.8) is 0 Å². The third-order valence-electron chi connectivity index (χ3n) is 3.66. The van der Waals surface area contributed by atoms with Gasteiger partial charge < -0.3 is 24.8 Å². The largest absolute Gasteiger partial charge is 0.379 e. The van der Waals surface area contributed by atoms with Gasteiger partial charge in [-0.3, -0.25) is 9.59 Å². The second-order valence-electron chi connectivity index (χ2n) is 5.98. The maximum atomic E-state index is 11.8. The van der Waals surface area contributed by atoms with Crippen LogP contribution < -0.4 is 10.6 Å². The highest BCUT2D eigenvalue weighted by atomic mass is 16.5. The fraction of sp³-hybridized carbons (Fsp3) is 0.600. The number of ether oxygens (including phenoxy) is 3. The fourth-order valence-corrected chi connectivity index (χ4v) is 2.19. The molecule has 2 N–H and O–H groups in total. The number of nitrogens with one attached hydrogen (secondary N) is 2. The van der Waals surface area contributed by atoms with Gasteiger partial charge in [-0.15, -0.1) is 0 Å². The molecule has 1 aromatic carbocycles. The third kappa shape index (κ3) is 12.1. The van der Waals surface area contributed by atoms with Gasteiger partial charge in [-0.2, -0.15) is 0 Å². The van der Waals surface area contributed by atoms with Crippen LogP contribution in [0.4, 0.5) is 0 Å². The molecule has 0 aliphatic carbocycles. The van der Waals surface area contributed by atoms with Crippen LogP contribution in [0, 0.1) is 0 Å². The van der Waals surface area contributed by atoms with Crippen LogP contribution in [0.3, 0.4) is 0 Å². The van der Waals surface area contributed by atoms with Crippen LogP contribution in [0.25, 0.3) is 0 Å². The lowest BCUT2D eigenvalue weighted by atomic mass is 10.1. The number of hydrogen-bond donors (Lipinski definition) is 2. The zero-order valence-electron chi connectivity index (χ0n) is 16.4. The third-order valence-corrected chi connectivity index (χ3v) is 3.66. The lowest BCUT2D eigenvalue weighted by Crippen LogP contribution is -2.27. The topological polar surface area (TPSA) is 85.9 Å². The molecule has 0 heterocycles. The second kappa shape index (κ2) is 15.1. The Hall–Kier alpha value is -1.96. The summed E-state index contributed by atoms with van der Waals surface area (Å²) in [4.78, 5) is 23.2. The predicted molar refractivity (Wildman–Crippen MR) is 103 cm³/mol. The summed E-state index contributed by atoms with van der Waals surface area (Å²) in [6.45, 7) is 7.48. The average Bonchev–Trinajstić information content (AvgIpc) is 2.68. The van der Waals surface area contributed by atoms with Gasteiger partial charge in [0, 0.05) is 26.1 Å². The number of amides is 2. The van der Waals surface area contributed by atoms with Gasteiger partial charge in [-0.1, -0.05) is 31.2 Å². The van der Waals surface area contributed by atoms with Crippen molar-refractivity contribution < 1.29 is 23.8 Å². The molecule has 7 nitrogen and oxygen atoms in total. The molecule has 0 unspecified atom stereocenters. The molecule has 0 saturated carbocycles. The molecule has 0 fully saturated rings. The smallest absolute Gasteiger partial charge is 0.246 e. The van der Waals surface area contributed by atoms with Gasteiger partial charge in [0.2, 0.25) is 11.8 Å². The first-order valence-corrected chi connectivity index (χ1v) is 9.50. The Kier molecular flexibility index (Phi) is 12.9. The molecule has 27 heavy (non-hydrogen) atoms. The molecule has 0 aromatic heterocycles. The van der Waals surface area contributed by atoms with Crippen LogP contribution in [0.5, 0.6) is 0 Å². The normalized spacial score (nSPS) is 10.6. The Labute approximate surface area is 161 Å². The van der Waals surface area contributed by atoms with Gasteiger partial charge >= 0.3 is 0 Å². The van der Waals surface area contributed by atoms with E-state index in [1.807, 2.05) is 38.1 Å². The molecule has 0 aliphatic rings. The van der Waals surface area contributed by atoms with E-state index in [0.29, 0.717) is 52.5 Å². The van der Waals surface area contributed by atoms with E-state index in [1.54, 1.807) is 0 Å². The fourth-order valence-electron chi connectivity index (χ4n) is 2.19. The van der Waals surface area contributed by atoms with Crippen molar-refractivity contribution in [2.75, 3.05) is 39.6 Å². The second-order valence-corrected chi connectivity index (χ2v) is 5.98. The minimum Gasteiger partial charge on any atom is -0.379 e. The van der Waals surface area contributed by atoms with Crippen molar-refractivity contribution in [1.29, 1.82) is 0 Å². The van der Waals surface area contributed by atoms with Gasteiger partial charge in [0.25, 0.3) is 0 Å². The molecule has 2 amide bonds. The van der Waals surface area contributed by atoms with Crippen LogP contribution >= 0.6 is 0 Å². The molecule has 1 rings (SSSR count). The van der Waals surface area contributed by atoms with Crippen LogP contribution in [-0.4, -0.2) is 51.5 Å². The summed E-state index contributed by atoms with van der Waals surface area (Å²) in [5, 5.41) is 5.68. The summed E-state index contributed by atoms with van der Waals surface area (Å²) < 4.78 is 15.7. The number of carbonyl (C=O) groups excluding carboxylic acids is 2. The van der Waals surface area contributed by atoms with Crippen molar-refractivity contribution in [3.05, 3.63) is 35.4 Å². The molecular weight excluding hydrogens is 348 g/mol. The maximum absolute atomic E-state index is 11.8. The van der Waals surface area contributed by atoms with E-state index >= 15 is 0 Å². The average molecular weight is 380 g/mol. The molecule has 0 atom stereocenters. The van der Waals surface area contributed by atoms with Crippen molar-refractivity contribution in [1.82, 2.24) is 10.6 Å². The van der Waals surface area contributed by atoms with Crippen LogP contribution in [0.15, 0.2) is 24.3 Å². The van der Waals surface area contributed by atoms with E-state index in [1.165, 1.54) is 0 Å². The highest BCUT2D eigenvalue weighted by Gasteiger charge is 2.03. The quantitative estimate of drug-likeness (QED) is 0.453. The standard InChI is InChI=1S/C20H32N2O5/c1-3-5-19(23)21-14-17-6-8-18(9-7-17)15-22-20(24)16-27-13-12-26-11-10-25-4-2/h6-9H,3-5,10-16H2,1-2H3,(H,21,23)(H,22,24). The minimum absolute atomic E-state index is 0.0103. The van der Waals surface area contributed by atoms with Crippen molar-refractivity contribution in [3.8, 4) is 0 Å². The van der Waals surface area contributed by atoms with Gasteiger partial charge in [-0.05, 0) is 24.5 Å². The van der Waals surface area contributed by atoms with Gasteiger partial charge in [0.05, 0.1) is 26.4 Å². The van der Waals surface area contributed by atoms with E-state index < -0.39 is 0 Å². The zero-order valence-corrected chi connectivity index (χ0v) is 16.4. The summed E-state index contributed by atoms with van der Waals surface area (Å²) >= 11 is 0. The molecule has 0 radical (unpaired) electrons. The summed E-state index contributed by atoms with van der Waals surface area (Å²) in [5.74, 6) is -0.103. The predicted octanol–water partition coefficient (Wildman–Crippen LogP) is 1.79. The molecule has 152 valence electrons. The van der Waals surface area contributed by atoms with E-state index in [0.717, 1.165) is 17.5 Å². The summed E-state index contributed by atoms with van der Waals surface area (Å²) in [6, 6.07) is 7.77. The minimum atomic E-state index is -0.166. The molecule has 0 spiro atoms. The van der Waals surface area contributed by atoms with E-state index in [4.69, 9.17) is 14.2 Å².